The smallest absolute Gasteiger partial charge is 0.229 e. The summed E-state index contributed by atoms with van der Waals surface area (Å²) >= 11 is 0. The lowest BCUT2D eigenvalue weighted by atomic mass is 9.81. The molecule has 0 spiro atoms. The minimum absolute atomic E-state index is 0.466. The molecule has 4 nitrogen and oxygen atoms in total. The Hall–Kier alpha value is -1.16. The number of hydrogen-bond donors (Lipinski definition) is 0. The van der Waals surface area contributed by atoms with Crippen LogP contribution in [-0.2, 0) is 0 Å². The summed E-state index contributed by atoms with van der Waals surface area (Å²) < 4.78 is 5.55. The van der Waals surface area contributed by atoms with E-state index < -0.39 is 0 Å². The lowest BCUT2D eigenvalue weighted by molar-refractivity contribution is 0.147. The van der Waals surface area contributed by atoms with Gasteiger partial charge in [-0.05, 0) is 45.6 Å². The zero-order valence-electron chi connectivity index (χ0n) is 11.5. The lowest BCUT2D eigenvalue weighted by Gasteiger charge is -2.34. The maximum Gasteiger partial charge on any atom is 0.229 e. The SMILES string of the molecule is C=C1CC(c2noc(C3CC4CCC(C3)N4C)n2)C1. The fourth-order valence-corrected chi connectivity index (χ4v) is 4.01. The molecule has 2 atom stereocenters. The first-order valence-corrected chi connectivity index (χ1v) is 7.43. The molecule has 3 aliphatic rings. The van der Waals surface area contributed by atoms with E-state index in [9.17, 15) is 0 Å². The lowest BCUT2D eigenvalue weighted by Crippen LogP contribution is -2.39. The highest BCUT2D eigenvalue weighted by Gasteiger charge is 2.41. The van der Waals surface area contributed by atoms with Crippen LogP contribution >= 0.6 is 0 Å². The van der Waals surface area contributed by atoms with Crippen LogP contribution in [0.5, 0.6) is 0 Å². The quantitative estimate of drug-likeness (QED) is 0.766. The van der Waals surface area contributed by atoms with Gasteiger partial charge in [-0.15, -0.1) is 0 Å². The van der Waals surface area contributed by atoms with Crippen molar-refractivity contribution in [3.63, 3.8) is 0 Å². The molecule has 4 rings (SSSR count). The van der Waals surface area contributed by atoms with Crippen LogP contribution in [-0.4, -0.2) is 34.2 Å². The molecule has 2 aliphatic heterocycles. The van der Waals surface area contributed by atoms with Gasteiger partial charge in [0.25, 0.3) is 0 Å². The number of fused-ring (bicyclic) bond motifs is 2. The Balaban J connectivity index is 1.49. The molecule has 1 saturated carbocycles. The molecule has 2 bridgehead atoms. The van der Waals surface area contributed by atoms with Gasteiger partial charge in [0.2, 0.25) is 5.89 Å². The predicted octanol–water partition coefficient (Wildman–Crippen LogP) is 2.84. The van der Waals surface area contributed by atoms with Crippen LogP contribution in [0.3, 0.4) is 0 Å². The number of nitrogens with zero attached hydrogens (tertiary/aromatic N) is 3. The largest absolute Gasteiger partial charge is 0.339 e. The van der Waals surface area contributed by atoms with Crippen LogP contribution in [0.25, 0.3) is 0 Å². The Morgan fingerprint density at radius 1 is 1.16 bits per heavy atom. The summed E-state index contributed by atoms with van der Waals surface area (Å²) in [6, 6.07) is 1.45. The van der Waals surface area contributed by atoms with Gasteiger partial charge in [-0.2, -0.15) is 4.98 Å². The van der Waals surface area contributed by atoms with Crippen molar-refractivity contribution in [2.75, 3.05) is 7.05 Å². The number of piperidine rings is 1. The van der Waals surface area contributed by atoms with Crippen molar-refractivity contribution in [1.82, 2.24) is 15.0 Å². The molecular formula is C15H21N3O. The first-order chi connectivity index (χ1) is 9.20. The third-order valence-corrected chi connectivity index (χ3v) is 5.34. The fourth-order valence-electron chi connectivity index (χ4n) is 4.01. The average molecular weight is 259 g/mol. The highest BCUT2D eigenvalue weighted by Crippen LogP contribution is 2.43. The van der Waals surface area contributed by atoms with Crippen molar-refractivity contribution in [1.29, 1.82) is 0 Å². The molecule has 2 saturated heterocycles. The maximum atomic E-state index is 5.55. The Morgan fingerprint density at radius 3 is 2.47 bits per heavy atom. The Bertz CT molecular complexity index is 487. The van der Waals surface area contributed by atoms with E-state index in [1.165, 1.54) is 31.3 Å². The molecule has 102 valence electrons. The van der Waals surface area contributed by atoms with Crippen LogP contribution in [0, 0.1) is 0 Å². The van der Waals surface area contributed by atoms with Crippen molar-refractivity contribution < 1.29 is 4.52 Å². The van der Waals surface area contributed by atoms with Crippen molar-refractivity contribution in [3.8, 4) is 0 Å². The minimum atomic E-state index is 0.466. The van der Waals surface area contributed by atoms with Crippen LogP contribution < -0.4 is 0 Å². The number of aromatic nitrogens is 2. The summed E-state index contributed by atoms with van der Waals surface area (Å²) in [5.74, 6) is 2.75. The summed E-state index contributed by atoms with van der Waals surface area (Å²) in [6.45, 7) is 3.98. The van der Waals surface area contributed by atoms with Gasteiger partial charge in [0.05, 0.1) is 0 Å². The van der Waals surface area contributed by atoms with Crippen LogP contribution in [0.1, 0.15) is 62.1 Å². The zero-order valence-corrected chi connectivity index (χ0v) is 11.5. The van der Waals surface area contributed by atoms with Gasteiger partial charge in [0, 0.05) is 23.9 Å². The third kappa shape index (κ3) is 1.84. The van der Waals surface area contributed by atoms with E-state index in [0.717, 1.165) is 36.6 Å². The number of allylic oxidation sites excluding steroid dienone is 1. The highest BCUT2D eigenvalue weighted by atomic mass is 16.5. The summed E-state index contributed by atoms with van der Waals surface area (Å²) in [6.07, 6.45) is 7.12. The van der Waals surface area contributed by atoms with E-state index in [4.69, 9.17) is 4.52 Å². The van der Waals surface area contributed by atoms with Crippen LogP contribution in [0.15, 0.2) is 16.7 Å². The van der Waals surface area contributed by atoms with Gasteiger partial charge < -0.3 is 9.42 Å². The van der Waals surface area contributed by atoms with Gasteiger partial charge in [-0.1, -0.05) is 17.3 Å². The second-order valence-electron chi connectivity index (χ2n) is 6.56. The van der Waals surface area contributed by atoms with E-state index in [-0.39, 0.29) is 0 Å². The monoisotopic (exact) mass is 259 g/mol. The van der Waals surface area contributed by atoms with E-state index in [0.29, 0.717) is 11.8 Å². The summed E-state index contributed by atoms with van der Waals surface area (Å²) in [5.41, 5.74) is 1.31. The second-order valence-corrected chi connectivity index (χ2v) is 6.56. The molecule has 0 radical (unpaired) electrons. The molecule has 1 aromatic rings. The summed E-state index contributed by atoms with van der Waals surface area (Å²) in [7, 11) is 2.26. The third-order valence-electron chi connectivity index (χ3n) is 5.34. The Labute approximate surface area is 113 Å². The molecule has 3 heterocycles. The second kappa shape index (κ2) is 4.17. The molecule has 1 aliphatic carbocycles. The molecule has 1 aromatic heterocycles. The number of hydrogen-bond acceptors (Lipinski definition) is 4. The molecule has 4 heteroatoms. The molecule has 19 heavy (non-hydrogen) atoms. The van der Waals surface area contributed by atoms with Gasteiger partial charge in [0.15, 0.2) is 5.82 Å². The minimum Gasteiger partial charge on any atom is -0.339 e. The average Bonchev–Trinajstić information content (AvgIpc) is 2.89. The molecular weight excluding hydrogens is 238 g/mol. The van der Waals surface area contributed by atoms with E-state index in [1.807, 2.05) is 0 Å². The van der Waals surface area contributed by atoms with E-state index in [1.54, 1.807) is 0 Å². The zero-order chi connectivity index (χ0) is 13.0. The van der Waals surface area contributed by atoms with Gasteiger partial charge in [-0.3, -0.25) is 0 Å². The molecule has 0 N–H and O–H groups in total. The summed E-state index contributed by atoms with van der Waals surface area (Å²) in [4.78, 5) is 7.22. The van der Waals surface area contributed by atoms with Crippen molar-refractivity contribution in [2.45, 2.75) is 62.4 Å². The topological polar surface area (TPSA) is 42.2 Å². The Kier molecular flexibility index (Phi) is 2.56. The van der Waals surface area contributed by atoms with Crippen LogP contribution in [0.4, 0.5) is 0 Å². The fraction of sp³-hybridized carbons (Fsp3) is 0.733. The first kappa shape index (κ1) is 11.6. The highest BCUT2D eigenvalue weighted by molar-refractivity contribution is 5.18. The van der Waals surface area contributed by atoms with Gasteiger partial charge >= 0.3 is 0 Å². The molecule has 0 aromatic carbocycles. The normalized spacial score (nSPS) is 35.6. The van der Waals surface area contributed by atoms with E-state index in [2.05, 4.69) is 28.7 Å². The van der Waals surface area contributed by atoms with E-state index >= 15 is 0 Å². The molecule has 2 unspecified atom stereocenters. The maximum absolute atomic E-state index is 5.55. The predicted molar refractivity (Wildman–Crippen MR) is 72.0 cm³/mol. The van der Waals surface area contributed by atoms with Crippen molar-refractivity contribution >= 4 is 0 Å². The van der Waals surface area contributed by atoms with Crippen molar-refractivity contribution in [2.24, 2.45) is 0 Å². The molecule has 3 fully saturated rings. The number of rotatable bonds is 2. The summed E-state index contributed by atoms with van der Waals surface area (Å²) in [5, 5.41) is 4.20. The van der Waals surface area contributed by atoms with Gasteiger partial charge in [-0.25, -0.2) is 0 Å². The molecule has 0 amide bonds. The van der Waals surface area contributed by atoms with Crippen molar-refractivity contribution in [3.05, 3.63) is 23.9 Å². The first-order valence-electron chi connectivity index (χ1n) is 7.43. The van der Waals surface area contributed by atoms with Gasteiger partial charge in [0.1, 0.15) is 0 Å². The standard InChI is InChI=1S/C15H21N3O/c1-9-5-10(6-9)14-16-15(19-17-14)11-7-12-3-4-13(8-11)18(12)2/h10-13H,1,3-8H2,2H3. The van der Waals surface area contributed by atoms with Crippen LogP contribution in [0.2, 0.25) is 0 Å². The Morgan fingerprint density at radius 2 is 1.84 bits per heavy atom.